The largest absolute Gasteiger partial charge is 2.00 e. The van der Waals surface area contributed by atoms with Gasteiger partial charge in [-0.05, 0) is 6.92 Å². The average molecular weight is 282 g/mol. The minimum absolute atomic E-state index is 0. The summed E-state index contributed by atoms with van der Waals surface area (Å²) in [6.45, 7) is 14.8. The van der Waals surface area contributed by atoms with Crippen molar-refractivity contribution in [3.05, 3.63) is 85.9 Å². The summed E-state index contributed by atoms with van der Waals surface area (Å²) in [5.41, 5.74) is 2.37. The fourth-order valence-corrected chi connectivity index (χ4v) is 0.909. The molecule has 94 valence electrons. The molecule has 2 aromatic carbocycles. The van der Waals surface area contributed by atoms with Crippen LogP contribution in [0.2, 0.25) is 0 Å². The Morgan fingerprint density at radius 3 is 1.56 bits per heavy atom. The van der Waals surface area contributed by atoms with Gasteiger partial charge in [0, 0.05) is 0 Å². The van der Waals surface area contributed by atoms with Crippen molar-refractivity contribution in [2.24, 2.45) is 0 Å². The summed E-state index contributed by atoms with van der Waals surface area (Å²) in [5.74, 6) is 0. The van der Waals surface area contributed by atoms with E-state index in [1.54, 1.807) is 0 Å². The van der Waals surface area contributed by atoms with Crippen molar-refractivity contribution in [3.8, 4) is 0 Å². The Morgan fingerprint density at radius 2 is 1.33 bits per heavy atom. The first kappa shape index (κ1) is 21.7. The zero-order valence-electron chi connectivity index (χ0n) is 10.1. The normalized spacial score (nSPS) is 6.50. The summed E-state index contributed by atoms with van der Waals surface area (Å²) in [7, 11) is 0. The topological polar surface area (TPSA) is 39.8 Å². The van der Waals surface area contributed by atoms with Gasteiger partial charge in [0.25, 0.3) is 0 Å². The summed E-state index contributed by atoms with van der Waals surface area (Å²) in [6, 6.07) is 18.1. The maximum Gasteiger partial charge on any atom is 2.00 e. The Balaban J connectivity index is -0.000000196. The van der Waals surface area contributed by atoms with Gasteiger partial charge in [-0.3, -0.25) is 0 Å². The van der Waals surface area contributed by atoms with E-state index in [-0.39, 0.29) is 17.1 Å². The summed E-state index contributed by atoms with van der Waals surface area (Å²) in [6.07, 6.45) is 0. The van der Waals surface area contributed by atoms with Crippen molar-refractivity contribution < 1.29 is 26.4 Å². The number of hydrogen-bond acceptors (Lipinski definition) is 0. The predicted octanol–water partition coefficient (Wildman–Crippen LogP) is 3.51. The zero-order valence-corrected chi connectivity index (χ0v) is 11.2. The molecule has 3 heteroatoms. The molecular formula is C15H14FeO2. The molecule has 0 radical (unpaired) electrons. The van der Waals surface area contributed by atoms with E-state index in [9.17, 15) is 0 Å². The Bertz CT molecular complexity index is 341. The van der Waals surface area contributed by atoms with Crippen LogP contribution < -0.4 is 0 Å². The molecule has 0 atom stereocenters. The molecule has 0 spiro atoms. The molecule has 0 fully saturated rings. The molecule has 0 unspecified atom stereocenters. The molecule has 2 rings (SSSR count). The van der Waals surface area contributed by atoms with Crippen LogP contribution in [0.5, 0.6) is 0 Å². The second kappa shape index (κ2) is 17.8. The van der Waals surface area contributed by atoms with Crippen molar-refractivity contribution in [2.45, 2.75) is 6.92 Å². The van der Waals surface area contributed by atoms with Crippen LogP contribution in [0.1, 0.15) is 11.1 Å². The molecule has 0 aliphatic rings. The van der Waals surface area contributed by atoms with Crippen LogP contribution in [0.25, 0.3) is 0 Å². The number of hydrogen-bond donors (Lipinski definition) is 0. The molecule has 0 bridgehead atoms. The Morgan fingerprint density at radius 1 is 0.944 bits per heavy atom. The quantitative estimate of drug-likeness (QED) is 0.403. The molecule has 0 aromatic heterocycles. The third kappa shape index (κ3) is 14.4. The van der Waals surface area contributed by atoms with Crippen LogP contribution >= 0.6 is 0 Å². The first-order valence-corrected chi connectivity index (χ1v) is 4.75. The fourth-order valence-electron chi connectivity index (χ4n) is 0.909. The molecule has 18 heavy (non-hydrogen) atoms. The van der Waals surface area contributed by atoms with Gasteiger partial charge in [0.2, 0.25) is 0 Å². The van der Waals surface area contributed by atoms with Crippen LogP contribution in [0.4, 0.5) is 0 Å². The molecular weight excluding hydrogens is 268 g/mol. The van der Waals surface area contributed by atoms with Gasteiger partial charge in [0.1, 0.15) is 0 Å². The molecule has 0 amide bonds. The van der Waals surface area contributed by atoms with E-state index in [2.05, 4.69) is 39.3 Å². The Kier molecular flexibility index (Phi) is 21.5. The van der Waals surface area contributed by atoms with Crippen molar-refractivity contribution in [2.75, 3.05) is 0 Å². The third-order valence-corrected chi connectivity index (χ3v) is 1.68. The SMILES string of the molecule is [C-]#[O+].[C-]#[O+].[CH2-]c1ccc(C)cc1.[Fe+2].c1cc[cH-]c1. The van der Waals surface area contributed by atoms with Crippen molar-refractivity contribution in [3.63, 3.8) is 0 Å². The number of benzene rings is 1. The van der Waals surface area contributed by atoms with Gasteiger partial charge in [0.15, 0.2) is 0 Å². The summed E-state index contributed by atoms with van der Waals surface area (Å²) in [5, 5.41) is 0. The zero-order chi connectivity index (χ0) is 13.5. The van der Waals surface area contributed by atoms with Crippen molar-refractivity contribution in [1.29, 1.82) is 0 Å². The maximum absolute atomic E-state index is 7.50. The first-order valence-electron chi connectivity index (χ1n) is 4.75. The van der Waals surface area contributed by atoms with Gasteiger partial charge in [-0.1, -0.05) is 5.56 Å². The fraction of sp³-hybridized carbons (Fsp3) is 0.0667. The van der Waals surface area contributed by atoms with Crippen LogP contribution in [-0.2, 0) is 26.4 Å². The van der Waals surface area contributed by atoms with E-state index in [1.807, 2.05) is 42.5 Å². The van der Waals surface area contributed by atoms with E-state index < -0.39 is 0 Å². The summed E-state index contributed by atoms with van der Waals surface area (Å²) >= 11 is 0. The third-order valence-electron chi connectivity index (χ3n) is 1.68. The van der Waals surface area contributed by atoms with Gasteiger partial charge >= 0.3 is 39.7 Å². The average Bonchev–Trinajstić information content (AvgIpc) is 2.97. The molecule has 2 aromatic rings. The maximum atomic E-state index is 7.50. The standard InChI is InChI=1S/C8H9.C5H5.2CO.Fe/c1-7-3-5-8(2)6-4-7;1-2-4-5-3-1;2*1-2;/h3-6H,1H2,2H3;1-5H;;;/q2*-1;;;+2. The van der Waals surface area contributed by atoms with E-state index in [0.717, 1.165) is 5.56 Å². The number of aryl methyl sites for hydroxylation is 1. The molecule has 0 aliphatic carbocycles. The smallest absolute Gasteiger partial charge is 0.214 e. The van der Waals surface area contributed by atoms with E-state index in [1.165, 1.54) is 5.56 Å². The molecule has 0 heterocycles. The van der Waals surface area contributed by atoms with Crippen molar-refractivity contribution in [1.82, 2.24) is 0 Å². The summed E-state index contributed by atoms with van der Waals surface area (Å²) < 4.78 is 15.0. The van der Waals surface area contributed by atoms with Gasteiger partial charge in [-0.25, -0.2) is 12.1 Å². The van der Waals surface area contributed by atoms with E-state index >= 15 is 0 Å². The van der Waals surface area contributed by atoms with Crippen LogP contribution in [0.15, 0.2) is 54.6 Å². The second-order valence-electron chi connectivity index (χ2n) is 2.95. The monoisotopic (exact) mass is 282 g/mol. The van der Waals surface area contributed by atoms with Crippen LogP contribution in [-0.4, -0.2) is 0 Å². The Labute approximate surface area is 119 Å². The van der Waals surface area contributed by atoms with E-state index in [4.69, 9.17) is 9.30 Å². The minimum atomic E-state index is 0. The first-order chi connectivity index (χ1) is 8.29. The molecule has 0 saturated heterocycles. The molecule has 2 nitrogen and oxygen atoms in total. The van der Waals surface area contributed by atoms with Gasteiger partial charge < -0.3 is 0 Å². The van der Waals surface area contributed by atoms with Gasteiger partial charge in [0.05, 0.1) is 0 Å². The predicted molar refractivity (Wildman–Crippen MR) is 65.5 cm³/mol. The molecule has 0 aliphatic heterocycles. The number of rotatable bonds is 0. The second-order valence-corrected chi connectivity index (χ2v) is 2.95. The Hall–Kier alpha value is -1.56. The van der Waals surface area contributed by atoms with Crippen molar-refractivity contribution >= 4 is 0 Å². The van der Waals surface area contributed by atoms with Crippen LogP contribution in [0.3, 0.4) is 0 Å². The van der Waals surface area contributed by atoms with E-state index in [0.29, 0.717) is 0 Å². The molecule has 0 saturated carbocycles. The van der Waals surface area contributed by atoms with Gasteiger partial charge in [-0.15, -0.1) is 12.1 Å². The molecule has 0 N–H and O–H groups in total. The minimum Gasteiger partial charge on any atom is -0.214 e. The van der Waals surface area contributed by atoms with Gasteiger partial charge in [-0.2, -0.15) is 42.8 Å². The summed E-state index contributed by atoms with van der Waals surface area (Å²) in [4.78, 5) is 0. The van der Waals surface area contributed by atoms with Crippen LogP contribution in [0, 0.1) is 27.1 Å².